The van der Waals surface area contributed by atoms with Gasteiger partial charge in [-0.15, -0.1) is 11.6 Å². The van der Waals surface area contributed by atoms with Crippen molar-refractivity contribution in [1.29, 1.82) is 0 Å². The third-order valence-electron chi connectivity index (χ3n) is 2.46. The molecule has 0 amide bonds. The van der Waals surface area contributed by atoms with Gasteiger partial charge in [-0.1, -0.05) is 12.1 Å². The van der Waals surface area contributed by atoms with Crippen molar-refractivity contribution in [2.45, 2.75) is 18.8 Å². The van der Waals surface area contributed by atoms with E-state index in [0.717, 1.165) is 16.9 Å². The summed E-state index contributed by atoms with van der Waals surface area (Å²) >= 11 is 5.73. The lowest BCUT2D eigenvalue weighted by atomic mass is 10.3. The third-order valence-corrected chi connectivity index (χ3v) is 2.78. The molecule has 5 heteroatoms. The molecule has 0 aliphatic heterocycles. The largest absolute Gasteiger partial charge is 0.480 e. The molecule has 0 saturated carbocycles. The molecule has 1 atom stereocenters. The Hall–Kier alpha value is -1.55. The summed E-state index contributed by atoms with van der Waals surface area (Å²) in [6.07, 6.45) is 0. The summed E-state index contributed by atoms with van der Waals surface area (Å²) in [6.45, 7) is 2.06. The van der Waals surface area contributed by atoms with Crippen molar-refractivity contribution in [2.75, 3.05) is 0 Å². The van der Waals surface area contributed by atoms with E-state index in [4.69, 9.17) is 16.7 Å². The number of alkyl halides is 1. The van der Waals surface area contributed by atoms with E-state index in [9.17, 15) is 4.79 Å². The Kier molecular flexibility index (Phi) is 2.83. The lowest BCUT2D eigenvalue weighted by Crippen LogP contribution is -2.20. The van der Waals surface area contributed by atoms with E-state index in [0.29, 0.717) is 0 Å². The topological polar surface area (TPSA) is 55.1 Å². The Morgan fingerprint density at radius 2 is 2.25 bits per heavy atom. The molecule has 2 rings (SSSR count). The number of para-hydroxylation sites is 2. The molecule has 0 saturated heterocycles. The van der Waals surface area contributed by atoms with Gasteiger partial charge >= 0.3 is 5.97 Å². The maximum Gasteiger partial charge on any atom is 0.323 e. The number of hydrogen-bond donors (Lipinski definition) is 1. The highest BCUT2D eigenvalue weighted by molar-refractivity contribution is 6.29. The van der Waals surface area contributed by atoms with E-state index in [-0.39, 0.29) is 6.54 Å². The van der Waals surface area contributed by atoms with Crippen molar-refractivity contribution < 1.29 is 9.90 Å². The standard InChI is InChI=1S/C11H11ClN2O2/c1-7-13-9-4-2-3-5-10(9)14(7)6-8(12)11(15)16/h2-5,8H,6H2,1H3,(H,15,16). The van der Waals surface area contributed by atoms with Crippen LogP contribution in [0.5, 0.6) is 0 Å². The number of rotatable bonds is 3. The van der Waals surface area contributed by atoms with E-state index in [1.807, 2.05) is 35.8 Å². The highest BCUT2D eigenvalue weighted by atomic mass is 35.5. The zero-order valence-corrected chi connectivity index (χ0v) is 9.48. The van der Waals surface area contributed by atoms with E-state index in [1.165, 1.54) is 0 Å². The number of imidazole rings is 1. The summed E-state index contributed by atoms with van der Waals surface area (Å²) in [5.74, 6) is -0.244. The molecule has 1 unspecified atom stereocenters. The summed E-state index contributed by atoms with van der Waals surface area (Å²) in [4.78, 5) is 15.0. The normalized spacial score (nSPS) is 12.9. The van der Waals surface area contributed by atoms with Crippen molar-refractivity contribution in [3.8, 4) is 0 Å². The van der Waals surface area contributed by atoms with Crippen molar-refractivity contribution in [3.05, 3.63) is 30.1 Å². The first-order valence-electron chi connectivity index (χ1n) is 4.88. The van der Waals surface area contributed by atoms with Crippen LogP contribution in [0.3, 0.4) is 0 Å². The molecule has 16 heavy (non-hydrogen) atoms. The molecule has 1 aromatic carbocycles. The minimum atomic E-state index is -1.01. The number of carbonyl (C=O) groups is 1. The van der Waals surface area contributed by atoms with E-state index in [1.54, 1.807) is 0 Å². The summed E-state index contributed by atoms with van der Waals surface area (Å²) in [5, 5.41) is 7.84. The Morgan fingerprint density at radius 1 is 1.56 bits per heavy atom. The second-order valence-electron chi connectivity index (χ2n) is 3.56. The average molecular weight is 239 g/mol. The Balaban J connectivity index is 2.43. The number of aromatic nitrogens is 2. The molecule has 2 aromatic rings. The van der Waals surface area contributed by atoms with Crippen LogP contribution in [0.2, 0.25) is 0 Å². The maximum atomic E-state index is 10.7. The molecule has 0 aliphatic rings. The van der Waals surface area contributed by atoms with Gasteiger partial charge < -0.3 is 9.67 Å². The number of aliphatic carboxylic acids is 1. The van der Waals surface area contributed by atoms with Gasteiger partial charge in [0.15, 0.2) is 0 Å². The van der Waals surface area contributed by atoms with Gasteiger partial charge in [-0.05, 0) is 19.1 Å². The predicted molar refractivity (Wildman–Crippen MR) is 61.7 cm³/mol. The fourth-order valence-corrected chi connectivity index (χ4v) is 1.80. The molecule has 0 aliphatic carbocycles. The summed E-state index contributed by atoms with van der Waals surface area (Å²) in [6, 6.07) is 7.59. The minimum Gasteiger partial charge on any atom is -0.480 e. The number of nitrogens with zero attached hydrogens (tertiary/aromatic N) is 2. The van der Waals surface area contributed by atoms with Gasteiger partial charge in [-0.25, -0.2) is 4.98 Å². The maximum absolute atomic E-state index is 10.7. The second kappa shape index (κ2) is 4.14. The van der Waals surface area contributed by atoms with Crippen LogP contribution >= 0.6 is 11.6 Å². The monoisotopic (exact) mass is 238 g/mol. The van der Waals surface area contributed by atoms with E-state index < -0.39 is 11.3 Å². The van der Waals surface area contributed by atoms with Crippen molar-refractivity contribution in [3.63, 3.8) is 0 Å². The number of benzene rings is 1. The van der Waals surface area contributed by atoms with Crippen LogP contribution in [0.15, 0.2) is 24.3 Å². The van der Waals surface area contributed by atoms with Crippen LogP contribution in [-0.4, -0.2) is 26.0 Å². The first-order chi connectivity index (χ1) is 7.59. The van der Waals surface area contributed by atoms with Crippen LogP contribution in [0.25, 0.3) is 11.0 Å². The van der Waals surface area contributed by atoms with Gasteiger partial charge in [-0.2, -0.15) is 0 Å². The highest BCUT2D eigenvalue weighted by Gasteiger charge is 2.17. The molecule has 84 valence electrons. The lowest BCUT2D eigenvalue weighted by Gasteiger charge is -2.08. The molecule has 0 bridgehead atoms. The molecule has 1 heterocycles. The fraction of sp³-hybridized carbons (Fsp3) is 0.273. The van der Waals surface area contributed by atoms with Crippen LogP contribution in [0, 0.1) is 6.92 Å². The molecule has 0 radical (unpaired) electrons. The average Bonchev–Trinajstić information content (AvgIpc) is 2.55. The Bertz CT molecular complexity index is 536. The SMILES string of the molecule is Cc1nc2ccccc2n1CC(Cl)C(=O)O. The predicted octanol–water partition coefficient (Wildman–Crippen LogP) is 2.04. The van der Waals surface area contributed by atoms with E-state index >= 15 is 0 Å². The number of halogens is 1. The van der Waals surface area contributed by atoms with Gasteiger partial charge in [0.2, 0.25) is 0 Å². The molecular formula is C11H11ClN2O2. The van der Waals surface area contributed by atoms with Crippen molar-refractivity contribution in [1.82, 2.24) is 9.55 Å². The summed E-state index contributed by atoms with van der Waals surface area (Å²) in [5.41, 5.74) is 1.76. The minimum absolute atomic E-state index is 0.225. The zero-order chi connectivity index (χ0) is 11.7. The first-order valence-corrected chi connectivity index (χ1v) is 5.32. The van der Waals surface area contributed by atoms with Crippen molar-refractivity contribution in [2.24, 2.45) is 0 Å². The molecule has 0 spiro atoms. The van der Waals surface area contributed by atoms with Gasteiger partial charge in [0.1, 0.15) is 11.2 Å². The number of carboxylic acid groups (broad SMARTS) is 1. The fourth-order valence-electron chi connectivity index (χ4n) is 1.66. The highest BCUT2D eigenvalue weighted by Crippen LogP contribution is 2.17. The van der Waals surface area contributed by atoms with Crippen LogP contribution in [-0.2, 0) is 11.3 Å². The van der Waals surface area contributed by atoms with Crippen LogP contribution < -0.4 is 0 Å². The number of carboxylic acids is 1. The number of aryl methyl sites for hydroxylation is 1. The smallest absolute Gasteiger partial charge is 0.323 e. The molecule has 0 fully saturated rings. The molecule has 1 N–H and O–H groups in total. The Labute approximate surface area is 97.5 Å². The molecule has 1 aromatic heterocycles. The number of fused-ring (bicyclic) bond motifs is 1. The molecular weight excluding hydrogens is 228 g/mol. The summed E-state index contributed by atoms with van der Waals surface area (Å²) in [7, 11) is 0. The third kappa shape index (κ3) is 1.88. The van der Waals surface area contributed by atoms with Gasteiger partial charge in [-0.3, -0.25) is 4.79 Å². The van der Waals surface area contributed by atoms with E-state index in [2.05, 4.69) is 4.98 Å². The lowest BCUT2D eigenvalue weighted by molar-refractivity contribution is -0.136. The van der Waals surface area contributed by atoms with Crippen LogP contribution in [0.1, 0.15) is 5.82 Å². The quantitative estimate of drug-likeness (QED) is 0.833. The van der Waals surface area contributed by atoms with Gasteiger partial charge in [0.25, 0.3) is 0 Å². The second-order valence-corrected chi connectivity index (χ2v) is 4.09. The van der Waals surface area contributed by atoms with Gasteiger partial charge in [0.05, 0.1) is 17.6 Å². The van der Waals surface area contributed by atoms with Crippen LogP contribution in [0.4, 0.5) is 0 Å². The zero-order valence-electron chi connectivity index (χ0n) is 8.72. The van der Waals surface area contributed by atoms with Gasteiger partial charge in [0, 0.05) is 0 Å². The molecule has 4 nitrogen and oxygen atoms in total. The summed E-state index contributed by atoms with van der Waals surface area (Å²) < 4.78 is 1.82. The Morgan fingerprint density at radius 3 is 2.94 bits per heavy atom. The number of hydrogen-bond acceptors (Lipinski definition) is 2. The first kappa shape index (κ1) is 11.0. The van der Waals surface area contributed by atoms with Crippen molar-refractivity contribution >= 4 is 28.6 Å².